The van der Waals surface area contributed by atoms with Gasteiger partial charge < -0.3 is 19.3 Å². The molecule has 0 saturated heterocycles. The summed E-state index contributed by atoms with van der Waals surface area (Å²) in [4.78, 5) is 17.2. The van der Waals surface area contributed by atoms with Crippen LogP contribution in [0, 0.1) is 0 Å². The number of nitrogens with one attached hydrogen (secondary N) is 2. The van der Waals surface area contributed by atoms with Gasteiger partial charge in [0, 0.05) is 17.3 Å². The van der Waals surface area contributed by atoms with Gasteiger partial charge in [-0.3, -0.25) is 10.1 Å². The quantitative estimate of drug-likeness (QED) is 0.185. The molecule has 0 fully saturated rings. The molecule has 5 rings (SSSR count). The molecule has 2 heterocycles. The van der Waals surface area contributed by atoms with Crippen LogP contribution >= 0.6 is 35.4 Å². The van der Waals surface area contributed by atoms with Crippen LogP contribution < -0.4 is 10.6 Å². The van der Waals surface area contributed by atoms with Gasteiger partial charge >= 0.3 is 0 Å². The number of anilines is 1. The third-order valence-electron chi connectivity index (χ3n) is 5.84. The van der Waals surface area contributed by atoms with Crippen LogP contribution in [0.2, 0.25) is 10.0 Å². The number of carbonyl (C=O) groups is 1. The predicted molar refractivity (Wildman–Crippen MR) is 153 cm³/mol. The lowest BCUT2D eigenvalue weighted by Crippen LogP contribution is -2.33. The van der Waals surface area contributed by atoms with E-state index in [1.807, 2.05) is 18.2 Å². The summed E-state index contributed by atoms with van der Waals surface area (Å²) >= 11 is 17.6. The van der Waals surface area contributed by atoms with Crippen molar-refractivity contribution in [2.75, 3.05) is 5.32 Å². The first-order valence-corrected chi connectivity index (χ1v) is 12.8. The van der Waals surface area contributed by atoms with E-state index in [1.54, 1.807) is 36.4 Å². The number of aromatic hydroxyl groups is 1. The lowest BCUT2D eigenvalue weighted by molar-refractivity contribution is 0.0951. The highest BCUT2D eigenvalue weighted by atomic mass is 35.5. The third-order valence-corrected chi connectivity index (χ3v) is 6.86. The topological polar surface area (TPSA) is 101 Å². The summed E-state index contributed by atoms with van der Waals surface area (Å²) in [7, 11) is 0. The van der Waals surface area contributed by atoms with Crippen LogP contribution in [0.5, 0.6) is 5.75 Å². The normalized spacial score (nSPS) is 11.2. The molecule has 5 aromatic rings. The fourth-order valence-electron chi connectivity index (χ4n) is 3.83. The van der Waals surface area contributed by atoms with Gasteiger partial charge in [-0.25, -0.2) is 4.98 Å². The van der Waals surface area contributed by atoms with E-state index in [2.05, 4.69) is 29.5 Å². The van der Waals surface area contributed by atoms with Crippen molar-refractivity contribution in [3.05, 3.63) is 88.1 Å². The Labute approximate surface area is 233 Å². The lowest BCUT2D eigenvalue weighted by Gasteiger charge is -2.10. The fourth-order valence-corrected chi connectivity index (χ4v) is 4.44. The standard InChI is InChI=1S/C28H21Cl2N3O4S/c1-14(2)15-6-9-23-20(12-15)32-27(37-23)17-8-7-16(13-21(17)34)31-28(38)33-26(35)24-11-10-22(36-24)18-4-3-5-19(29)25(18)30/h3-14,34H,1-2H3,(H2,31,33,35,38). The van der Waals surface area contributed by atoms with Gasteiger partial charge in [0.05, 0.1) is 15.6 Å². The van der Waals surface area contributed by atoms with Gasteiger partial charge in [0.25, 0.3) is 5.91 Å². The summed E-state index contributed by atoms with van der Waals surface area (Å²) in [6, 6.07) is 18.9. The van der Waals surface area contributed by atoms with E-state index in [0.29, 0.717) is 50.0 Å². The Kier molecular flexibility index (Phi) is 7.12. The first-order valence-electron chi connectivity index (χ1n) is 11.6. The largest absolute Gasteiger partial charge is 0.507 e. The Morgan fingerprint density at radius 2 is 1.82 bits per heavy atom. The second-order valence-corrected chi connectivity index (χ2v) is 10.00. The molecular weight excluding hydrogens is 545 g/mol. The Morgan fingerprint density at radius 1 is 1.00 bits per heavy atom. The van der Waals surface area contributed by atoms with E-state index in [0.717, 1.165) is 11.1 Å². The molecule has 10 heteroatoms. The Balaban J connectivity index is 1.26. The molecule has 3 N–H and O–H groups in total. The van der Waals surface area contributed by atoms with E-state index in [4.69, 9.17) is 44.3 Å². The van der Waals surface area contributed by atoms with Crippen molar-refractivity contribution in [1.29, 1.82) is 0 Å². The molecule has 0 atom stereocenters. The SMILES string of the molecule is CC(C)c1ccc2oc(-c3ccc(NC(=S)NC(=O)c4ccc(-c5cccc(Cl)c5Cl)o4)cc3O)nc2c1. The number of rotatable bonds is 5. The van der Waals surface area contributed by atoms with Crippen LogP contribution in [0.4, 0.5) is 5.69 Å². The zero-order valence-corrected chi connectivity index (χ0v) is 22.5. The van der Waals surface area contributed by atoms with E-state index in [-0.39, 0.29) is 16.6 Å². The van der Waals surface area contributed by atoms with Gasteiger partial charge in [-0.2, -0.15) is 0 Å². The summed E-state index contributed by atoms with van der Waals surface area (Å²) in [5, 5.41) is 16.8. The molecule has 2 aromatic heterocycles. The summed E-state index contributed by atoms with van der Waals surface area (Å²) in [5.74, 6) is 0.471. The van der Waals surface area contributed by atoms with Crippen molar-refractivity contribution < 1.29 is 18.7 Å². The number of thiocarbonyl (C=S) groups is 1. The number of oxazole rings is 1. The smallest absolute Gasteiger partial charge is 0.293 e. The van der Waals surface area contributed by atoms with Gasteiger partial charge in [-0.15, -0.1) is 0 Å². The molecule has 0 spiro atoms. The maximum atomic E-state index is 12.6. The van der Waals surface area contributed by atoms with Gasteiger partial charge in [-0.1, -0.05) is 49.2 Å². The van der Waals surface area contributed by atoms with Crippen molar-refractivity contribution in [2.24, 2.45) is 0 Å². The Hall–Kier alpha value is -3.85. The van der Waals surface area contributed by atoms with Crippen LogP contribution in [0.15, 0.2) is 75.6 Å². The number of halogens is 2. The molecular formula is C28H21Cl2N3O4S. The maximum Gasteiger partial charge on any atom is 0.293 e. The van der Waals surface area contributed by atoms with Gasteiger partial charge in [0.2, 0.25) is 5.89 Å². The highest BCUT2D eigenvalue weighted by Gasteiger charge is 2.17. The number of nitrogens with zero attached hydrogens (tertiary/aromatic N) is 1. The molecule has 0 bridgehead atoms. The fraction of sp³-hybridized carbons (Fsp3) is 0.107. The summed E-state index contributed by atoms with van der Waals surface area (Å²) in [6.07, 6.45) is 0. The highest BCUT2D eigenvalue weighted by Crippen LogP contribution is 2.35. The first kappa shape index (κ1) is 25.8. The molecule has 0 aliphatic heterocycles. The molecule has 0 saturated carbocycles. The summed E-state index contributed by atoms with van der Waals surface area (Å²) in [5.41, 5.74) is 3.95. The molecule has 1 amide bonds. The van der Waals surface area contributed by atoms with E-state index in [9.17, 15) is 9.90 Å². The average Bonchev–Trinajstić information content (AvgIpc) is 3.53. The Morgan fingerprint density at radius 3 is 2.58 bits per heavy atom. The number of carbonyl (C=O) groups excluding carboxylic acids is 1. The molecule has 0 unspecified atom stereocenters. The second kappa shape index (κ2) is 10.5. The number of phenolic OH excluding ortho intramolecular Hbond substituents is 1. The average molecular weight is 566 g/mol. The van der Waals surface area contributed by atoms with Crippen LogP contribution in [0.3, 0.4) is 0 Å². The number of benzene rings is 3. The number of phenols is 1. The number of fused-ring (bicyclic) bond motifs is 1. The van der Waals surface area contributed by atoms with Crippen LogP contribution in [0.1, 0.15) is 35.9 Å². The minimum atomic E-state index is -0.556. The zero-order chi connectivity index (χ0) is 27.0. The van der Waals surface area contributed by atoms with Crippen molar-refractivity contribution in [2.45, 2.75) is 19.8 Å². The maximum absolute atomic E-state index is 12.6. The van der Waals surface area contributed by atoms with Crippen molar-refractivity contribution >= 4 is 63.2 Å². The second-order valence-electron chi connectivity index (χ2n) is 8.81. The molecule has 192 valence electrons. The predicted octanol–water partition coefficient (Wildman–Crippen LogP) is 8.02. The van der Waals surface area contributed by atoms with Crippen molar-refractivity contribution in [3.63, 3.8) is 0 Å². The monoisotopic (exact) mass is 565 g/mol. The molecule has 7 nitrogen and oxygen atoms in total. The Bertz CT molecular complexity index is 1690. The molecule has 0 aliphatic carbocycles. The number of amides is 1. The lowest BCUT2D eigenvalue weighted by atomic mass is 10.0. The summed E-state index contributed by atoms with van der Waals surface area (Å²) in [6.45, 7) is 4.21. The minimum absolute atomic E-state index is 0.0176. The van der Waals surface area contributed by atoms with Crippen LogP contribution in [-0.4, -0.2) is 21.1 Å². The number of hydrogen-bond acceptors (Lipinski definition) is 6. The minimum Gasteiger partial charge on any atom is -0.507 e. The van der Waals surface area contributed by atoms with Crippen LogP contribution in [-0.2, 0) is 0 Å². The highest BCUT2D eigenvalue weighted by molar-refractivity contribution is 7.80. The number of hydrogen-bond donors (Lipinski definition) is 3. The number of aromatic nitrogens is 1. The number of furan rings is 1. The van der Waals surface area contributed by atoms with Crippen molar-refractivity contribution in [3.8, 4) is 28.5 Å². The third kappa shape index (κ3) is 5.24. The molecule has 0 radical (unpaired) electrons. The molecule has 38 heavy (non-hydrogen) atoms. The summed E-state index contributed by atoms with van der Waals surface area (Å²) < 4.78 is 11.5. The van der Waals surface area contributed by atoms with E-state index in [1.165, 1.54) is 12.1 Å². The molecule has 3 aromatic carbocycles. The van der Waals surface area contributed by atoms with E-state index >= 15 is 0 Å². The van der Waals surface area contributed by atoms with E-state index < -0.39 is 5.91 Å². The van der Waals surface area contributed by atoms with Crippen LogP contribution in [0.25, 0.3) is 33.9 Å². The van der Waals surface area contributed by atoms with Crippen molar-refractivity contribution in [1.82, 2.24) is 10.3 Å². The first-order chi connectivity index (χ1) is 18.2. The zero-order valence-electron chi connectivity index (χ0n) is 20.2. The van der Waals surface area contributed by atoms with Gasteiger partial charge in [0.15, 0.2) is 16.5 Å². The van der Waals surface area contributed by atoms with Gasteiger partial charge in [0.1, 0.15) is 17.0 Å². The van der Waals surface area contributed by atoms with Gasteiger partial charge in [-0.05, 0) is 72.2 Å². The molecule has 0 aliphatic rings.